The van der Waals surface area contributed by atoms with Crippen molar-refractivity contribution in [2.24, 2.45) is 0 Å². The Labute approximate surface area is 157 Å². The van der Waals surface area contributed by atoms with Gasteiger partial charge in [0.1, 0.15) is 17.3 Å². The zero-order valence-corrected chi connectivity index (χ0v) is 16.4. The largest absolute Gasteiger partial charge is 0.508 e. The molecule has 0 aliphatic rings. The van der Waals surface area contributed by atoms with Gasteiger partial charge in [-0.2, -0.15) is 0 Å². The Bertz CT molecular complexity index is 643. The number of hydrogen-bond acceptors (Lipinski definition) is 3. The van der Waals surface area contributed by atoms with Gasteiger partial charge in [0.05, 0.1) is 7.14 Å². The van der Waals surface area contributed by atoms with Gasteiger partial charge in [-0.15, -0.1) is 0 Å². The second-order valence-electron chi connectivity index (χ2n) is 4.88. The Morgan fingerprint density at radius 2 is 1.73 bits per heavy atom. The summed E-state index contributed by atoms with van der Waals surface area (Å²) in [7, 11) is 0. The van der Waals surface area contributed by atoms with E-state index in [1.165, 1.54) is 0 Å². The number of Topliss-reactive ketones (excluding diaryl/α,β-unsaturated/α-hetero) is 1. The van der Waals surface area contributed by atoms with Crippen molar-refractivity contribution in [2.45, 2.75) is 26.2 Å². The molecular weight excluding hydrogens is 506 g/mol. The van der Waals surface area contributed by atoms with Crippen molar-refractivity contribution in [2.75, 3.05) is 0 Å². The van der Waals surface area contributed by atoms with Gasteiger partial charge in [0.15, 0.2) is 5.75 Å². The smallest absolute Gasteiger partial charge is 0.154 e. The van der Waals surface area contributed by atoms with E-state index in [-0.39, 0.29) is 11.5 Å². The number of phenols is 1. The van der Waals surface area contributed by atoms with Crippen molar-refractivity contribution in [1.29, 1.82) is 0 Å². The van der Waals surface area contributed by atoms with Crippen molar-refractivity contribution in [3.05, 3.63) is 49.1 Å². The molecule has 0 amide bonds. The Morgan fingerprint density at radius 3 is 2.27 bits per heavy atom. The minimum absolute atomic E-state index is 0.215. The van der Waals surface area contributed by atoms with Crippen molar-refractivity contribution >= 4 is 51.0 Å². The second-order valence-corrected chi connectivity index (χ2v) is 7.20. The lowest BCUT2D eigenvalue weighted by Crippen LogP contribution is -1.99. The lowest BCUT2D eigenvalue weighted by molar-refractivity contribution is -0.118. The van der Waals surface area contributed by atoms with E-state index < -0.39 is 0 Å². The number of aromatic hydroxyl groups is 1. The monoisotopic (exact) mass is 522 g/mol. The maximum absolute atomic E-state index is 11.4. The number of benzene rings is 2. The number of ether oxygens (including phenoxy) is 1. The van der Waals surface area contributed by atoms with E-state index in [2.05, 4.69) is 57.3 Å². The van der Waals surface area contributed by atoms with E-state index in [9.17, 15) is 9.90 Å². The molecule has 0 bridgehead atoms. The third-order valence-electron chi connectivity index (χ3n) is 3.20. The molecule has 2 aromatic rings. The lowest BCUT2D eigenvalue weighted by atomic mass is 10.1. The molecule has 0 saturated carbocycles. The zero-order chi connectivity index (χ0) is 16.1. The SMILES string of the molecule is CCC(=O)CCc1cc(I)c(Oc2ccc(O)cc2)c(I)c1. The molecule has 0 atom stereocenters. The average Bonchev–Trinajstić information content (AvgIpc) is 2.50. The molecule has 3 nitrogen and oxygen atoms in total. The third kappa shape index (κ3) is 4.84. The molecule has 0 aliphatic heterocycles. The molecule has 1 N–H and O–H groups in total. The van der Waals surface area contributed by atoms with Gasteiger partial charge in [0.25, 0.3) is 0 Å². The Hall–Kier alpha value is -0.830. The van der Waals surface area contributed by atoms with Gasteiger partial charge in [-0.25, -0.2) is 0 Å². The van der Waals surface area contributed by atoms with Crippen molar-refractivity contribution in [1.82, 2.24) is 0 Å². The summed E-state index contributed by atoms with van der Waals surface area (Å²) in [5, 5.41) is 9.31. The molecule has 0 unspecified atom stereocenters. The molecule has 22 heavy (non-hydrogen) atoms. The van der Waals surface area contributed by atoms with Gasteiger partial charge in [-0.3, -0.25) is 4.79 Å². The number of rotatable bonds is 6. The number of carbonyl (C=O) groups is 1. The van der Waals surface area contributed by atoms with E-state index in [1.54, 1.807) is 24.3 Å². The van der Waals surface area contributed by atoms with Crippen LogP contribution in [0.1, 0.15) is 25.3 Å². The number of ketones is 1. The highest BCUT2D eigenvalue weighted by Crippen LogP contribution is 2.33. The van der Waals surface area contributed by atoms with Crippen molar-refractivity contribution < 1.29 is 14.6 Å². The molecule has 0 fully saturated rings. The lowest BCUT2D eigenvalue weighted by Gasteiger charge is -2.12. The molecule has 0 aromatic heterocycles. The topological polar surface area (TPSA) is 46.5 Å². The number of phenolic OH excluding ortho intramolecular Hbond substituents is 1. The molecule has 0 saturated heterocycles. The van der Waals surface area contributed by atoms with Crippen LogP contribution in [0.15, 0.2) is 36.4 Å². The van der Waals surface area contributed by atoms with Gasteiger partial charge in [0.2, 0.25) is 0 Å². The van der Waals surface area contributed by atoms with Crippen LogP contribution in [0.5, 0.6) is 17.2 Å². The predicted octanol–water partition coefficient (Wildman–Crippen LogP) is 5.31. The molecular formula is C17H16I2O3. The van der Waals surface area contributed by atoms with Crippen LogP contribution in [-0.4, -0.2) is 10.9 Å². The molecule has 2 aromatic carbocycles. The van der Waals surface area contributed by atoms with E-state index in [0.29, 0.717) is 18.6 Å². The maximum Gasteiger partial charge on any atom is 0.154 e. The summed E-state index contributed by atoms with van der Waals surface area (Å²) in [5.41, 5.74) is 1.15. The summed E-state index contributed by atoms with van der Waals surface area (Å²) in [6.07, 6.45) is 1.94. The zero-order valence-electron chi connectivity index (χ0n) is 12.1. The van der Waals surface area contributed by atoms with E-state index in [1.807, 2.05) is 6.92 Å². The number of halogens is 2. The average molecular weight is 522 g/mol. The summed E-state index contributed by atoms with van der Waals surface area (Å²) >= 11 is 4.49. The molecule has 0 heterocycles. The highest BCUT2D eigenvalue weighted by atomic mass is 127. The van der Waals surface area contributed by atoms with Crippen LogP contribution < -0.4 is 4.74 Å². The summed E-state index contributed by atoms with van der Waals surface area (Å²) in [6.45, 7) is 1.89. The standard InChI is InChI=1S/C17H16I2O3/c1-2-12(20)4-3-11-9-15(18)17(16(19)10-11)22-14-7-5-13(21)6-8-14/h5-10,21H,2-4H2,1H3. The van der Waals surface area contributed by atoms with Crippen LogP contribution >= 0.6 is 45.2 Å². The normalized spacial score (nSPS) is 10.5. The molecule has 0 radical (unpaired) electrons. The quantitative estimate of drug-likeness (QED) is 0.524. The third-order valence-corrected chi connectivity index (χ3v) is 4.80. The van der Waals surface area contributed by atoms with Crippen LogP contribution in [0.4, 0.5) is 0 Å². The number of hydrogen-bond donors (Lipinski definition) is 1. The fourth-order valence-electron chi connectivity index (χ4n) is 1.95. The minimum atomic E-state index is 0.215. The summed E-state index contributed by atoms with van der Waals surface area (Å²) in [6, 6.07) is 10.8. The highest BCUT2D eigenvalue weighted by molar-refractivity contribution is 14.1. The minimum Gasteiger partial charge on any atom is -0.508 e. The van der Waals surface area contributed by atoms with Crippen LogP contribution in [0, 0.1) is 7.14 Å². The molecule has 5 heteroatoms. The number of carbonyl (C=O) groups excluding carboxylic acids is 1. The first-order valence-corrected chi connectivity index (χ1v) is 9.12. The first-order valence-electron chi connectivity index (χ1n) is 6.96. The molecule has 116 valence electrons. The predicted molar refractivity (Wildman–Crippen MR) is 104 cm³/mol. The summed E-state index contributed by atoms with van der Waals surface area (Å²) < 4.78 is 7.92. The molecule has 0 spiro atoms. The summed E-state index contributed by atoms with van der Waals surface area (Å²) in [5.74, 6) is 1.99. The van der Waals surface area contributed by atoms with E-state index in [4.69, 9.17) is 4.74 Å². The highest BCUT2D eigenvalue weighted by Gasteiger charge is 2.11. The van der Waals surface area contributed by atoms with Crippen molar-refractivity contribution in [3.63, 3.8) is 0 Å². The van der Waals surface area contributed by atoms with E-state index in [0.717, 1.165) is 24.9 Å². The van der Waals surface area contributed by atoms with Crippen molar-refractivity contribution in [3.8, 4) is 17.2 Å². The fraction of sp³-hybridized carbons (Fsp3) is 0.235. The molecule has 2 rings (SSSR count). The van der Waals surface area contributed by atoms with Crippen LogP contribution in [-0.2, 0) is 11.2 Å². The van der Waals surface area contributed by atoms with Gasteiger partial charge in [0, 0.05) is 12.8 Å². The first kappa shape index (κ1) is 17.5. The second kappa shape index (κ2) is 8.14. The van der Waals surface area contributed by atoms with E-state index >= 15 is 0 Å². The van der Waals surface area contributed by atoms with Gasteiger partial charge >= 0.3 is 0 Å². The van der Waals surface area contributed by atoms with Crippen LogP contribution in [0.2, 0.25) is 0 Å². The van der Waals surface area contributed by atoms with Gasteiger partial charge < -0.3 is 9.84 Å². The van der Waals surface area contributed by atoms with Gasteiger partial charge in [-0.05, 0) is 93.6 Å². The van der Waals surface area contributed by atoms with Crippen LogP contribution in [0.3, 0.4) is 0 Å². The summed E-state index contributed by atoms with van der Waals surface area (Å²) in [4.78, 5) is 11.4. The van der Waals surface area contributed by atoms with Gasteiger partial charge in [-0.1, -0.05) is 6.92 Å². The Kier molecular flexibility index (Phi) is 6.49. The Morgan fingerprint density at radius 1 is 1.14 bits per heavy atom. The number of aryl methyl sites for hydroxylation is 1. The Balaban J connectivity index is 2.16. The molecule has 0 aliphatic carbocycles. The maximum atomic E-state index is 11.4. The fourth-order valence-corrected chi connectivity index (χ4v) is 4.06. The first-order chi connectivity index (χ1) is 10.5. The van der Waals surface area contributed by atoms with Crippen LogP contribution in [0.25, 0.3) is 0 Å².